The highest BCUT2D eigenvalue weighted by Gasteiger charge is 2.26. The Morgan fingerprint density at radius 1 is 1.22 bits per heavy atom. The van der Waals surface area contributed by atoms with E-state index in [2.05, 4.69) is 15.3 Å². The van der Waals surface area contributed by atoms with Gasteiger partial charge in [-0.05, 0) is 36.2 Å². The molecule has 0 bridgehead atoms. The maximum Gasteiger partial charge on any atom is 0.151 e. The molecule has 2 N–H and O–H groups in total. The second kappa shape index (κ2) is 6.18. The van der Waals surface area contributed by atoms with E-state index in [1.165, 1.54) is 0 Å². The highest BCUT2D eigenvalue weighted by Crippen LogP contribution is 2.40. The van der Waals surface area contributed by atoms with E-state index in [0.29, 0.717) is 17.8 Å². The van der Waals surface area contributed by atoms with Crippen LogP contribution in [0.15, 0.2) is 36.7 Å². The van der Waals surface area contributed by atoms with E-state index >= 15 is 0 Å². The van der Waals surface area contributed by atoms with E-state index in [-0.39, 0.29) is 5.02 Å². The maximum atomic E-state index is 14.9. The van der Waals surface area contributed by atoms with Gasteiger partial charge in [0.1, 0.15) is 11.3 Å². The van der Waals surface area contributed by atoms with E-state index in [9.17, 15) is 4.39 Å². The zero-order valence-corrected chi connectivity index (χ0v) is 15.4. The number of hydrogen-bond acceptors (Lipinski definition) is 3. The molecular weight excluding hydrogens is 365 g/mol. The Balaban J connectivity index is 1.87. The first-order valence-corrected chi connectivity index (χ1v) is 9.21. The van der Waals surface area contributed by atoms with Gasteiger partial charge in [-0.25, -0.2) is 9.37 Å². The molecule has 5 nitrogen and oxygen atoms in total. The van der Waals surface area contributed by atoms with Crippen molar-refractivity contribution in [2.24, 2.45) is 0 Å². The van der Waals surface area contributed by atoms with Gasteiger partial charge in [-0.15, -0.1) is 0 Å². The van der Waals surface area contributed by atoms with Crippen molar-refractivity contribution in [1.82, 2.24) is 25.1 Å². The summed E-state index contributed by atoms with van der Waals surface area (Å²) in [5.41, 5.74) is 5.90. The van der Waals surface area contributed by atoms with E-state index in [1.807, 2.05) is 23.9 Å². The first kappa shape index (κ1) is 16.5. The fourth-order valence-corrected chi connectivity index (χ4v) is 4.01. The Morgan fingerprint density at radius 2 is 2.11 bits per heavy atom. The summed E-state index contributed by atoms with van der Waals surface area (Å²) in [6, 6.07) is 7.01. The molecule has 0 radical (unpaired) electrons. The number of nitrogens with zero attached hydrogens (tertiary/aromatic N) is 3. The molecule has 5 rings (SSSR count). The normalized spacial score (nSPS) is 13.9. The highest BCUT2D eigenvalue weighted by molar-refractivity contribution is 6.31. The van der Waals surface area contributed by atoms with Crippen molar-refractivity contribution in [2.75, 3.05) is 6.54 Å². The monoisotopic (exact) mass is 381 g/mol. The van der Waals surface area contributed by atoms with Crippen molar-refractivity contribution in [3.8, 4) is 22.4 Å². The van der Waals surface area contributed by atoms with Crippen molar-refractivity contribution in [3.05, 3.63) is 58.8 Å². The Hall–Kier alpha value is -2.70. The van der Waals surface area contributed by atoms with Crippen LogP contribution in [-0.2, 0) is 13.1 Å². The topological polar surface area (TPSA) is 58.5 Å². The van der Waals surface area contributed by atoms with E-state index in [1.54, 1.807) is 24.4 Å². The number of aryl methyl sites for hydroxylation is 1. The predicted molar refractivity (Wildman–Crippen MR) is 104 cm³/mol. The first-order chi connectivity index (χ1) is 13.1. The lowest BCUT2D eigenvalue weighted by Gasteiger charge is -2.16. The van der Waals surface area contributed by atoms with Crippen LogP contribution >= 0.6 is 11.6 Å². The summed E-state index contributed by atoms with van der Waals surface area (Å²) in [7, 11) is 0. The second-order valence-corrected chi connectivity index (χ2v) is 7.13. The van der Waals surface area contributed by atoms with Gasteiger partial charge in [-0.3, -0.25) is 4.68 Å². The van der Waals surface area contributed by atoms with Gasteiger partial charge in [0.15, 0.2) is 5.82 Å². The zero-order chi connectivity index (χ0) is 18.5. The largest absolute Gasteiger partial charge is 0.346 e. The molecule has 0 saturated carbocycles. The van der Waals surface area contributed by atoms with Crippen molar-refractivity contribution in [1.29, 1.82) is 0 Å². The second-order valence-electron chi connectivity index (χ2n) is 6.73. The van der Waals surface area contributed by atoms with Crippen LogP contribution in [0, 0.1) is 12.7 Å². The van der Waals surface area contributed by atoms with Crippen LogP contribution in [0.5, 0.6) is 0 Å². The summed E-state index contributed by atoms with van der Waals surface area (Å²) in [5.74, 6) is -0.445. The first-order valence-electron chi connectivity index (χ1n) is 8.83. The van der Waals surface area contributed by atoms with Gasteiger partial charge in [0, 0.05) is 42.0 Å². The Bertz CT molecular complexity index is 1180. The number of nitrogens with one attached hydrogen (secondary N) is 2. The number of halogens is 2. The lowest BCUT2D eigenvalue weighted by Crippen LogP contribution is -2.28. The average molecular weight is 382 g/mol. The highest BCUT2D eigenvalue weighted by atomic mass is 35.5. The van der Waals surface area contributed by atoms with Gasteiger partial charge in [-0.2, -0.15) is 5.10 Å². The van der Waals surface area contributed by atoms with Crippen LogP contribution in [0.4, 0.5) is 4.39 Å². The number of benzene rings is 1. The zero-order valence-electron chi connectivity index (χ0n) is 14.7. The lowest BCUT2D eigenvalue weighted by molar-refractivity contribution is 0.477. The molecular formula is C20H17ClFN5. The van der Waals surface area contributed by atoms with Crippen LogP contribution < -0.4 is 5.32 Å². The third-order valence-corrected chi connectivity index (χ3v) is 5.39. The molecule has 4 heterocycles. The van der Waals surface area contributed by atoms with Crippen molar-refractivity contribution in [2.45, 2.75) is 20.0 Å². The number of H-pyrrole nitrogens is 1. The van der Waals surface area contributed by atoms with E-state index in [0.717, 1.165) is 46.5 Å². The number of pyridine rings is 1. The summed E-state index contributed by atoms with van der Waals surface area (Å²) in [5, 5.41) is 9.29. The molecule has 0 amide bonds. The molecule has 3 aromatic heterocycles. The Morgan fingerprint density at radius 3 is 3.00 bits per heavy atom. The summed E-state index contributed by atoms with van der Waals surface area (Å²) >= 11 is 6.05. The van der Waals surface area contributed by atoms with Gasteiger partial charge >= 0.3 is 0 Å². The van der Waals surface area contributed by atoms with Gasteiger partial charge < -0.3 is 10.3 Å². The van der Waals surface area contributed by atoms with Crippen LogP contribution in [0.1, 0.15) is 11.3 Å². The standard InChI is InChI=1S/C20H17ClFN5/c1-11-9-25-20-16(11)12(5-6-24-20)17-15-10-23-7-8-27(15)26-19(17)13-3-2-4-14(21)18(13)22/h2-6,9,23H,7-8,10H2,1H3,(H,24,25). The molecule has 1 aromatic carbocycles. The Labute approximate surface area is 160 Å². The van der Waals surface area contributed by atoms with Crippen molar-refractivity contribution >= 4 is 22.6 Å². The average Bonchev–Trinajstić information content (AvgIpc) is 3.25. The molecule has 136 valence electrons. The maximum absolute atomic E-state index is 14.9. The number of hydrogen-bond donors (Lipinski definition) is 2. The van der Waals surface area contributed by atoms with Gasteiger partial charge in [0.05, 0.1) is 17.3 Å². The van der Waals surface area contributed by atoms with Crippen LogP contribution in [-0.4, -0.2) is 26.3 Å². The summed E-state index contributed by atoms with van der Waals surface area (Å²) in [4.78, 5) is 7.63. The minimum atomic E-state index is -0.445. The minimum Gasteiger partial charge on any atom is -0.346 e. The third-order valence-electron chi connectivity index (χ3n) is 5.10. The number of aromatic amines is 1. The van der Waals surface area contributed by atoms with Crippen LogP contribution in [0.3, 0.4) is 0 Å². The van der Waals surface area contributed by atoms with Gasteiger partial charge in [-0.1, -0.05) is 17.7 Å². The van der Waals surface area contributed by atoms with Gasteiger partial charge in [0.25, 0.3) is 0 Å². The van der Waals surface area contributed by atoms with E-state index in [4.69, 9.17) is 16.7 Å². The molecule has 7 heteroatoms. The molecule has 4 aromatic rings. The summed E-state index contributed by atoms with van der Waals surface area (Å²) < 4.78 is 16.8. The fourth-order valence-electron chi connectivity index (χ4n) is 3.84. The third kappa shape index (κ3) is 2.48. The molecule has 1 aliphatic heterocycles. The van der Waals surface area contributed by atoms with Crippen LogP contribution in [0.25, 0.3) is 33.4 Å². The molecule has 0 unspecified atom stereocenters. The summed E-state index contributed by atoms with van der Waals surface area (Å²) in [6.45, 7) is 4.29. The quantitative estimate of drug-likeness (QED) is 0.544. The summed E-state index contributed by atoms with van der Waals surface area (Å²) in [6.07, 6.45) is 3.71. The smallest absolute Gasteiger partial charge is 0.151 e. The number of aromatic nitrogens is 4. The molecule has 1 aliphatic rings. The minimum absolute atomic E-state index is 0.0975. The van der Waals surface area contributed by atoms with Crippen molar-refractivity contribution < 1.29 is 4.39 Å². The molecule has 0 atom stereocenters. The molecule has 0 fully saturated rings. The lowest BCUT2D eigenvalue weighted by atomic mass is 9.95. The molecule has 0 spiro atoms. The molecule has 0 saturated heterocycles. The van der Waals surface area contributed by atoms with E-state index < -0.39 is 5.82 Å². The number of fused-ring (bicyclic) bond motifs is 2. The Kier molecular flexibility index (Phi) is 3.77. The predicted octanol–water partition coefficient (Wildman–Crippen LogP) is 4.30. The van der Waals surface area contributed by atoms with Crippen molar-refractivity contribution in [3.63, 3.8) is 0 Å². The number of rotatable bonds is 2. The fraction of sp³-hybridized carbons (Fsp3) is 0.200. The van der Waals surface area contributed by atoms with Crippen LogP contribution in [0.2, 0.25) is 5.02 Å². The molecule has 0 aliphatic carbocycles. The SMILES string of the molecule is Cc1c[nH]c2nccc(-c3c(-c4cccc(Cl)c4F)nn4c3CNCC4)c12. The molecule has 27 heavy (non-hydrogen) atoms. The van der Waals surface area contributed by atoms with Gasteiger partial charge in [0.2, 0.25) is 0 Å².